The van der Waals surface area contributed by atoms with E-state index in [1.165, 1.54) is 0 Å². The Bertz CT molecular complexity index is 1240. The maximum absolute atomic E-state index is 14.2. The summed E-state index contributed by atoms with van der Waals surface area (Å²) in [6.45, 7) is 8.29. The van der Waals surface area contributed by atoms with Gasteiger partial charge in [0.25, 0.3) is 0 Å². The van der Waals surface area contributed by atoms with Gasteiger partial charge in [0.15, 0.2) is 5.43 Å². The van der Waals surface area contributed by atoms with Crippen LogP contribution in [0.3, 0.4) is 0 Å². The van der Waals surface area contributed by atoms with Gasteiger partial charge in [-0.1, -0.05) is 12.1 Å². The number of carbonyl (C=O) groups excluding carboxylic acids is 1. The number of H-pyrrole nitrogens is 1. The van der Waals surface area contributed by atoms with E-state index in [9.17, 15) is 18.4 Å². The van der Waals surface area contributed by atoms with Crippen molar-refractivity contribution in [1.29, 1.82) is 0 Å². The molecule has 0 saturated carbocycles. The van der Waals surface area contributed by atoms with Crippen LogP contribution in [0, 0.1) is 18.6 Å². The topological polar surface area (TPSA) is 65.2 Å². The van der Waals surface area contributed by atoms with Crippen molar-refractivity contribution in [2.45, 2.75) is 52.1 Å². The molecular formula is C25H27F2N3O2. The number of aromatic nitrogens is 1. The number of aromatic amines is 1. The number of hydrogen-bond acceptors (Lipinski definition) is 3. The molecule has 1 aliphatic rings. The summed E-state index contributed by atoms with van der Waals surface area (Å²) in [6, 6.07) is 9.14. The average molecular weight is 440 g/mol. The first kappa shape index (κ1) is 22.0. The Hall–Kier alpha value is -3.22. The number of hydrogen-bond donors (Lipinski definition) is 2. The zero-order valence-corrected chi connectivity index (χ0v) is 18.7. The number of halogens is 2. The SMILES string of the molecule is Cc1c(-c2ccc(N3CCC[C@@H]3C(=O)NC(C)(C)C)cc2)[nH]c2cc(F)cc(F)c2c1=O. The van der Waals surface area contributed by atoms with Crippen LogP contribution in [0.4, 0.5) is 14.5 Å². The van der Waals surface area contributed by atoms with Gasteiger partial charge in [0, 0.05) is 29.4 Å². The lowest BCUT2D eigenvalue weighted by atomic mass is 10.0. The van der Waals surface area contributed by atoms with Crippen LogP contribution in [0.2, 0.25) is 0 Å². The van der Waals surface area contributed by atoms with Gasteiger partial charge in [-0.2, -0.15) is 0 Å². The first-order valence-electron chi connectivity index (χ1n) is 10.8. The van der Waals surface area contributed by atoms with Crippen molar-refractivity contribution in [1.82, 2.24) is 10.3 Å². The highest BCUT2D eigenvalue weighted by molar-refractivity contribution is 5.87. The van der Waals surface area contributed by atoms with Crippen LogP contribution in [0.1, 0.15) is 39.2 Å². The zero-order valence-electron chi connectivity index (χ0n) is 18.7. The second-order valence-corrected chi connectivity index (χ2v) is 9.40. The third-order valence-corrected chi connectivity index (χ3v) is 5.80. The van der Waals surface area contributed by atoms with E-state index in [0.717, 1.165) is 36.7 Å². The lowest BCUT2D eigenvalue weighted by molar-refractivity contribution is -0.123. The van der Waals surface area contributed by atoms with Crippen LogP contribution in [0.15, 0.2) is 41.2 Å². The van der Waals surface area contributed by atoms with Gasteiger partial charge in [-0.05, 0) is 64.3 Å². The summed E-state index contributed by atoms with van der Waals surface area (Å²) in [4.78, 5) is 30.6. The Kier molecular flexibility index (Phi) is 5.53. The van der Waals surface area contributed by atoms with Gasteiger partial charge >= 0.3 is 0 Å². The molecule has 0 aliphatic carbocycles. The van der Waals surface area contributed by atoms with Crippen molar-refractivity contribution in [2.24, 2.45) is 0 Å². The van der Waals surface area contributed by atoms with Crippen molar-refractivity contribution in [3.05, 3.63) is 63.8 Å². The summed E-state index contributed by atoms with van der Waals surface area (Å²) < 4.78 is 27.8. The first-order valence-corrected chi connectivity index (χ1v) is 10.8. The summed E-state index contributed by atoms with van der Waals surface area (Å²) in [6.07, 6.45) is 1.72. The quantitative estimate of drug-likeness (QED) is 0.624. The van der Waals surface area contributed by atoms with E-state index in [1.807, 2.05) is 45.0 Å². The molecule has 32 heavy (non-hydrogen) atoms. The van der Waals surface area contributed by atoms with Gasteiger partial charge in [0.1, 0.15) is 17.7 Å². The maximum Gasteiger partial charge on any atom is 0.243 e. The second kappa shape index (κ2) is 8.04. The summed E-state index contributed by atoms with van der Waals surface area (Å²) in [5, 5.41) is 2.91. The Labute approximate surface area is 185 Å². The molecule has 1 aromatic heterocycles. The monoisotopic (exact) mass is 439 g/mol. The lowest BCUT2D eigenvalue weighted by Gasteiger charge is -2.29. The maximum atomic E-state index is 14.2. The smallest absolute Gasteiger partial charge is 0.243 e. The molecule has 1 aliphatic heterocycles. The van der Waals surface area contributed by atoms with Crippen molar-refractivity contribution < 1.29 is 13.6 Å². The normalized spacial score (nSPS) is 16.6. The van der Waals surface area contributed by atoms with E-state index in [0.29, 0.717) is 17.3 Å². The number of nitrogens with one attached hydrogen (secondary N) is 2. The lowest BCUT2D eigenvalue weighted by Crippen LogP contribution is -2.50. The molecule has 0 radical (unpaired) electrons. The van der Waals surface area contributed by atoms with Crippen molar-refractivity contribution in [3.63, 3.8) is 0 Å². The van der Waals surface area contributed by atoms with Gasteiger partial charge in [-0.15, -0.1) is 0 Å². The number of amides is 1. The van der Waals surface area contributed by atoms with Crippen LogP contribution in [-0.2, 0) is 4.79 Å². The molecule has 3 aromatic rings. The van der Waals surface area contributed by atoms with Gasteiger partial charge in [-0.3, -0.25) is 9.59 Å². The van der Waals surface area contributed by atoms with Crippen LogP contribution < -0.4 is 15.6 Å². The number of benzene rings is 2. The average Bonchev–Trinajstić information content (AvgIpc) is 3.19. The van der Waals surface area contributed by atoms with Crippen LogP contribution >= 0.6 is 0 Å². The molecule has 1 amide bonds. The fraction of sp³-hybridized carbons (Fsp3) is 0.360. The number of anilines is 1. The molecular weight excluding hydrogens is 412 g/mol. The summed E-state index contributed by atoms with van der Waals surface area (Å²) >= 11 is 0. The molecule has 0 unspecified atom stereocenters. The Balaban J connectivity index is 1.67. The molecule has 4 rings (SSSR count). The van der Waals surface area contributed by atoms with Gasteiger partial charge < -0.3 is 15.2 Å². The summed E-state index contributed by atoms with van der Waals surface area (Å²) in [5.74, 6) is -1.61. The minimum Gasteiger partial charge on any atom is -0.360 e. The molecule has 1 fully saturated rings. The second-order valence-electron chi connectivity index (χ2n) is 9.40. The zero-order chi connectivity index (χ0) is 23.2. The molecule has 168 valence electrons. The molecule has 0 spiro atoms. The van der Waals surface area contributed by atoms with Gasteiger partial charge in [-0.25, -0.2) is 8.78 Å². The highest BCUT2D eigenvalue weighted by Crippen LogP contribution is 2.30. The van der Waals surface area contributed by atoms with Crippen molar-refractivity contribution >= 4 is 22.5 Å². The third-order valence-electron chi connectivity index (χ3n) is 5.80. The van der Waals surface area contributed by atoms with Crippen LogP contribution in [0.25, 0.3) is 22.2 Å². The van der Waals surface area contributed by atoms with Crippen LogP contribution in [-0.4, -0.2) is 29.0 Å². The van der Waals surface area contributed by atoms with Gasteiger partial charge in [0.2, 0.25) is 5.91 Å². The number of rotatable bonds is 3. The molecule has 0 bridgehead atoms. The minimum absolute atomic E-state index is 0.0119. The summed E-state index contributed by atoms with van der Waals surface area (Å²) in [7, 11) is 0. The van der Waals surface area contributed by atoms with Crippen LogP contribution in [0.5, 0.6) is 0 Å². The van der Waals surface area contributed by atoms with E-state index < -0.39 is 17.1 Å². The number of nitrogens with zero attached hydrogens (tertiary/aromatic N) is 1. The van der Waals surface area contributed by atoms with E-state index in [4.69, 9.17) is 0 Å². The Morgan fingerprint density at radius 3 is 2.50 bits per heavy atom. The fourth-order valence-corrected chi connectivity index (χ4v) is 4.34. The van der Waals surface area contributed by atoms with Crippen molar-refractivity contribution in [2.75, 3.05) is 11.4 Å². The first-order chi connectivity index (χ1) is 15.0. The van der Waals surface area contributed by atoms with E-state index >= 15 is 0 Å². The highest BCUT2D eigenvalue weighted by atomic mass is 19.1. The number of carbonyl (C=O) groups is 1. The van der Waals surface area contributed by atoms with E-state index in [-0.39, 0.29) is 28.4 Å². The third kappa shape index (κ3) is 4.11. The molecule has 5 nitrogen and oxygen atoms in total. The minimum atomic E-state index is -0.875. The fourth-order valence-electron chi connectivity index (χ4n) is 4.34. The van der Waals surface area contributed by atoms with Crippen molar-refractivity contribution in [3.8, 4) is 11.3 Å². The molecule has 7 heteroatoms. The Morgan fingerprint density at radius 2 is 1.84 bits per heavy atom. The standard InChI is InChI=1S/C25H27F2N3O2/c1-14-22(28-19-13-16(26)12-18(27)21(19)23(14)31)15-7-9-17(10-8-15)30-11-5-6-20(30)24(32)29-25(2,3)4/h7-10,12-13,20H,5-6,11H2,1-4H3,(H,28,31)(H,29,32)/t20-/m1/s1. The van der Waals surface area contributed by atoms with E-state index in [2.05, 4.69) is 15.2 Å². The predicted octanol–water partition coefficient (Wildman–Crippen LogP) is 4.67. The van der Waals surface area contributed by atoms with E-state index in [1.54, 1.807) is 6.92 Å². The van der Waals surface area contributed by atoms with Gasteiger partial charge in [0.05, 0.1) is 16.6 Å². The highest BCUT2D eigenvalue weighted by Gasteiger charge is 2.32. The molecule has 1 saturated heterocycles. The molecule has 1 atom stereocenters. The predicted molar refractivity (Wildman–Crippen MR) is 123 cm³/mol. The molecule has 2 N–H and O–H groups in total. The number of fused-ring (bicyclic) bond motifs is 1. The largest absolute Gasteiger partial charge is 0.360 e. The molecule has 2 heterocycles. The Morgan fingerprint density at radius 1 is 1.16 bits per heavy atom. The summed E-state index contributed by atoms with van der Waals surface area (Å²) in [5.41, 5.74) is 1.88. The number of pyridine rings is 1. The molecule has 2 aromatic carbocycles.